The van der Waals surface area contributed by atoms with Gasteiger partial charge in [-0.1, -0.05) is 18.2 Å². The average Bonchev–Trinajstić information content (AvgIpc) is 2.99. The van der Waals surface area contributed by atoms with E-state index in [2.05, 4.69) is 15.6 Å². The van der Waals surface area contributed by atoms with Crippen molar-refractivity contribution in [1.82, 2.24) is 10.3 Å². The maximum absolute atomic E-state index is 13.3. The molecule has 0 saturated carbocycles. The summed E-state index contributed by atoms with van der Waals surface area (Å²) >= 11 is 6.25. The first kappa shape index (κ1) is 22.8. The number of hydrogen-bond donors (Lipinski definition) is 1. The maximum Gasteiger partial charge on any atom is 0.124 e. The number of rotatable bonds is 7. The maximum atomic E-state index is 13.3. The van der Waals surface area contributed by atoms with E-state index in [0.29, 0.717) is 24.5 Å². The van der Waals surface area contributed by atoms with Crippen LogP contribution in [0.4, 0.5) is 10.1 Å². The van der Waals surface area contributed by atoms with Gasteiger partial charge in [0.25, 0.3) is 0 Å². The van der Waals surface area contributed by atoms with Crippen LogP contribution < -0.4 is 10.4 Å². The smallest absolute Gasteiger partial charge is 0.124 e. The van der Waals surface area contributed by atoms with Gasteiger partial charge in [-0.3, -0.25) is 0 Å². The minimum atomic E-state index is -0.283. The zero-order valence-corrected chi connectivity index (χ0v) is 17.9. The van der Waals surface area contributed by atoms with E-state index in [4.69, 9.17) is 12.6 Å². The van der Waals surface area contributed by atoms with Gasteiger partial charge in [-0.15, -0.1) is 29.3 Å². The van der Waals surface area contributed by atoms with Gasteiger partial charge in [-0.05, 0) is 31.3 Å². The summed E-state index contributed by atoms with van der Waals surface area (Å²) in [6.07, 6.45) is 0. The molecule has 9 heteroatoms. The molecule has 2 aromatic carbocycles. The molecule has 141 valence electrons. The molecule has 3 rings (SSSR count). The number of halogens is 1. The molecule has 5 nitrogen and oxygen atoms in total. The standard InChI is InChI=1S/C17H17FN3OS2.O.Re/c18-12-2-3-13-16(10-12)24-17(21-13)11-1-4-15(22)14(9-11)20-6-5-19-7-8-23;;/h1-4,9-10,19,23H,5-8H2,(H,21,22);;/q-1;-2;/p-2. The Bertz CT molecular complexity index is 848. The SMILES string of the molecule is [O-2].[O-]c1ccc(-c2nc3ccc(F)cc3s2)cc1[N-]CCNCC[S-].[Re]. The monoisotopic (exact) mass is 563 g/mol. The van der Waals surface area contributed by atoms with Gasteiger partial charge in [0.2, 0.25) is 0 Å². The van der Waals surface area contributed by atoms with E-state index in [1.165, 1.54) is 29.5 Å². The van der Waals surface area contributed by atoms with Gasteiger partial charge < -0.3 is 33.8 Å². The number of nitrogens with one attached hydrogen (secondary N) is 1. The van der Waals surface area contributed by atoms with Crippen molar-refractivity contribution in [2.45, 2.75) is 0 Å². The molecule has 0 atom stereocenters. The molecular weight excluding hydrogens is 548 g/mol. The summed E-state index contributed by atoms with van der Waals surface area (Å²) in [6, 6.07) is 9.48. The molecule has 0 aliphatic heterocycles. The van der Waals surface area contributed by atoms with Crippen molar-refractivity contribution < 1.29 is 35.4 Å². The van der Waals surface area contributed by atoms with Crippen molar-refractivity contribution in [3.8, 4) is 16.3 Å². The number of hydrogen-bond acceptors (Lipinski definition) is 5. The molecule has 26 heavy (non-hydrogen) atoms. The summed E-state index contributed by atoms with van der Waals surface area (Å²) in [6.45, 7) is 1.96. The molecule has 1 heterocycles. The second-order valence-electron chi connectivity index (χ2n) is 5.15. The van der Waals surface area contributed by atoms with Crippen LogP contribution in [0.3, 0.4) is 0 Å². The first-order valence-electron chi connectivity index (χ1n) is 7.51. The first-order valence-corrected chi connectivity index (χ1v) is 8.90. The number of fused-ring (bicyclic) bond motifs is 1. The van der Waals surface area contributed by atoms with Crippen LogP contribution >= 0.6 is 11.3 Å². The van der Waals surface area contributed by atoms with Crippen molar-refractivity contribution in [3.05, 3.63) is 47.5 Å². The Hall–Kier alpha value is -1.21. The molecule has 0 amide bonds. The summed E-state index contributed by atoms with van der Waals surface area (Å²) in [4.78, 5) is 4.50. The summed E-state index contributed by atoms with van der Waals surface area (Å²) in [5.41, 5.74) is 1.97. The van der Waals surface area contributed by atoms with E-state index in [0.717, 1.165) is 27.3 Å². The van der Waals surface area contributed by atoms with Crippen LogP contribution in [-0.2, 0) is 38.5 Å². The fourth-order valence-electron chi connectivity index (χ4n) is 2.25. The predicted molar refractivity (Wildman–Crippen MR) is 98.1 cm³/mol. The molecule has 0 aliphatic rings. The topological polar surface area (TPSA) is 90.6 Å². The molecule has 3 aromatic rings. The van der Waals surface area contributed by atoms with E-state index in [1.807, 2.05) is 0 Å². The van der Waals surface area contributed by atoms with E-state index in [-0.39, 0.29) is 37.5 Å². The molecule has 1 N–H and O–H groups in total. The van der Waals surface area contributed by atoms with Crippen molar-refractivity contribution in [1.29, 1.82) is 0 Å². The molecule has 0 fully saturated rings. The Kier molecular flexibility index (Phi) is 9.51. The summed E-state index contributed by atoms with van der Waals surface area (Å²) in [7, 11) is 0. The Balaban J connectivity index is 0.00000169. The van der Waals surface area contributed by atoms with E-state index in [1.54, 1.807) is 18.2 Å². The van der Waals surface area contributed by atoms with Gasteiger partial charge in [0.05, 0.1) is 10.2 Å². The zero-order chi connectivity index (χ0) is 16.9. The van der Waals surface area contributed by atoms with Crippen LogP contribution in [0.25, 0.3) is 26.1 Å². The average molecular weight is 563 g/mol. The molecule has 0 aliphatic carbocycles. The van der Waals surface area contributed by atoms with Gasteiger partial charge >= 0.3 is 0 Å². The van der Waals surface area contributed by atoms with Crippen LogP contribution in [0.15, 0.2) is 36.4 Å². The van der Waals surface area contributed by atoms with Gasteiger partial charge in [-0.2, -0.15) is 5.75 Å². The minimum Gasteiger partial charge on any atom is -2.00 e. The molecule has 1 radical (unpaired) electrons. The van der Waals surface area contributed by atoms with Crippen molar-refractivity contribution in [2.24, 2.45) is 0 Å². The van der Waals surface area contributed by atoms with Crippen LogP contribution in [0.1, 0.15) is 0 Å². The van der Waals surface area contributed by atoms with E-state index >= 15 is 0 Å². The van der Waals surface area contributed by atoms with E-state index < -0.39 is 0 Å². The van der Waals surface area contributed by atoms with Gasteiger partial charge in [0.15, 0.2) is 0 Å². The molecule has 0 spiro atoms. The Morgan fingerprint density at radius 3 is 2.77 bits per heavy atom. The third-order valence-corrected chi connectivity index (χ3v) is 4.68. The quantitative estimate of drug-likeness (QED) is 0.354. The van der Waals surface area contributed by atoms with Crippen LogP contribution in [0.2, 0.25) is 0 Å². The fraction of sp³-hybridized carbons (Fsp3) is 0.235. The third kappa shape index (κ3) is 5.64. The number of aromatic nitrogens is 1. The van der Waals surface area contributed by atoms with E-state index in [9.17, 15) is 9.50 Å². The number of benzene rings is 2. The van der Waals surface area contributed by atoms with Gasteiger partial charge in [0.1, 0.15) is 10.8 Å². The number of thiazole rings is 1. The third-order valence-electron chi connectivity index (χ3n) is 3.41. The van der Waals surface area contributed by atoms with Crippen molar-refractivity contribution in [3.63, 3.8) is 0 Å². The largest absolute Gasteiger partial charge is 2.00 e. The Morgan fingerprint density at radius 2 is 2.00 bits per heavy atom. The van der Waals surface area contributed by atoms with Crippen molar-refractivity contribution in [2.75, 3.05) is 25.4 Å². The molecular formula is C17H15FN3O2ReS2-5. The Labute approximate surface area is 174 Å². The molecule has 1 aromatic heterocycles. The van der Waals surface area contributed by atoms with Crippen LogP contribution in [0.5, 0.6) is 5.75 Å². The summed E-state index contributed by atoms with van der Waals surface area (Å²) in [5.74, 6) is 0.254. The second kappa shape index (κ2) is 10.8. The van der Waals surface area contributed by atoms with Crippen molar-refractivity contribution >= 4 is 39.9 Å². The van der Waals surface area contributed by atoms with Crippen LogP contribution in [-0.4, -0.2) is 30.4 Å². The molecule has 0 saturated heterocycles. The second-order valence-corrected chi connectivity index (χ2v) is 6.59. The predicted octanol–water partition coefficient (Wildman–Crippen LogP) is 3.20. The summed E-state index contributed by atoms with van der Waals surface area (Å²) < 4.78 is 14.1. The van der Waals surface area contributed by atoms with Crippen LogP contribution in [0, 0.1) is 5.82 Å². The first-order chi connectivity index (χ1) is 11.7. The molecule has 0 bridgehead atoms. The minimum absolute atomic E-state index is 0. The van der Waals surface area contributed by atoms with Gasteiger partial charge in [-0.25, -0.2) is 9.37 Å². The summed E-state index contributed by atoms with van der Waals surface area (Å²) in [5, 5.41) is 20.2. The normalized spacial score (nSPS) is 10.2. The molecule has 0 unspecified atom stereocenters. The fourth-order valence-corrected chi connectivity index (χ4v) is 3.38. The number of nitrogens with zero attached hydrogens (tertiary/aromatic N) is 2. The Morgan fingerprint density at radius 1 is 1.19 bits per heavy atom. The van der Waals surface area contributed by atoms with Gasteiger partial charge in [0, 0.05) is 26.0 Å². The zero-order valence-electron chi connectivity index (χ0n) is 13.6.